The number of nitrogens with zero attached hydrogens (tertiary/aromatic N) is 1. The number of benzene rings is 1. The summed E-state index contributed by atoms with van der Waals surface area (Å²) in [5.74, 6) is 0.0695. The molecule has 2 heterocycles. The standard InChI is InChI=1S/C14H12N2O3S/c1-7-10-3-2-9(17)5-12(10)19-13(18)11(7)4-8-6-20-14(15)16-8/h2-3,5-6,17H,4H2,1H3,(H2,15,16). The lowest BCUT2D eigenvalue weighted by atomic mass is 10.0. The van der Waals surface area contributed by atoms with Crippen LogP contribution in [-0.2, 0) is 6.42 Å². The van der Waals surface area contributed by atoms with E-state index in [-0.39, 0.29) is 5.75 Å². The lowest BCUT2D eigenvalue weighted by Crippen LogP contribution is -2.11. The zero-order valence-corrected chi connectivity index (χ0v) is 11.5. The monoisotopic (exact) mass is 288 g/mol. The number of hydrogen-bond donors (Lipinski definition) is 2. The van der Waals surface area contributed by atoms with Crippen molar-refractivity contribution < 1.29 is 9.52 Å². The van der Waals surface area contributed by atoms with Gasteiger partial charge in [0.15, 0.2) is 5.13 Å². The van der Waals surface area contributed by atoms with Crippen LogP contribution in [0.3, 0.4) is 0 Å². The number of aromatic nitrogens is 1. The van der Waals surface area contributed by atoms with E-state index in [0.29, 0.717) is 22.7 Å². The number of hydrogen-bond acceptors (Lipinski definition) is 6. The van der Waals surface area contributed by atoms with Gasteiger partial charge in [-0.15, -0.1) is 11.3 Å². The molecule has 2 aromatic heterocycles. The lowest BCUT2D eigenvalue weighted by molar-refractivity contribution is 0.472. The van der Waals surface area contributed by atoms with E-state index in [1.807, 2.05) is 12.3 Å². The van der Waals surface area contributed by atoms with Gasteiger partial charge in [0.25, 0.3) is 0 Å². The molecule has 3 aromatic rings. The van der Waals surface area contributed by atoms with E-state index in [1.54, 1.807) is 12.1 Å². The zero-order chi connectivity index (χ0) is 14.3. The summed E-state index contributed by atoms with van der Waals surface area (Å²) in [5.41, 5.74) is 7.72. The average molecular weight is 288 g/mol. The molecule has 0 aliphatic rings. The van der Waals surface area contributed by atoms with E-state index in [9.17, 15) is 9.90 Å². The van der Waals surface area contributed by atoms with Crippen molar-refractivity contribution in [1.82, 2.24) is 4.98 Å². The van der Waals surface area contributed by atoms with Gasteiger partial charge in [0.2, 0.25) is 0 Å². The first-order chi connectivity index (χ1) is 9.54. The van der Waals surface area contributed by atoms with Crippen LogP contribution in [0.1, 0.15) is 16.8 Å². The third-order valence-corrected chi connectivity index (χ3v) is 3.92. The van der Waals surface area contributed by atoms with E-state index in [2.05, 4.69) is 4.98 Å². The summed E-state index contributed by atoms with van der Waals surface area (Å²) in [7, 11) is 0. The van der Waals surface area contributed by atoms with Crippen molar-refractivity contribution in [1.29, 1.82) is 0 Å². The van der Waals surface area contributed by atoms with Gasteiger partial charge in [-0.2, -0.15) is 0 Å². The van der Waals surface area contributed by atoms with Crippen LogP contribution in [-0.4, -0.2) is 10.1 Å². The quantitative estimate of drug-likeness (QED) is 0.707. The van der Waals surface area contributed by atoms with E-state index in [1.165, 1.54) is 17.4 Å². The number of phenolic OH excluding ortho intramolecular Hbond substituents is 1. The second-order valence-electron chi connectivity index (χ2n) is 4.53. The number of anilines is 1. The molecule has 0 aliphatic heterocycles. The second-order valence-corrected chi connectivity index (χ2v) is 5.42. The van der Waals surface area contributed by atoms with Crippen LogP contribution in [0.5, 0.6) is 5.75 Å². The van der Waals surface area contributed by atoms with E-state index >= 15 is 0 Å². The highest BCUT2D eigenvalue weighted by Gasteiger charge is 2.13. The number of phenols is 1. The first kappa shape index (κ1) is 12.7. The van der Waals surface area contributed by atoms with Gasteiger partial charge in [0, 0.05) is 28.8 Å². The summed E-state index contributed by atoms with van der Waals surface area (Å²) >= 11 is 1.34. The summed E-state index contributed by atoms with van der Waals surface area (Å²) in [6.07, 6.45) is 0.388. The molecule has 0 unspecified atom stereocenters. The maximum Gasteiger partial charge on any atom is 0.340 e. The van der Waals surface area contributed by atoms with Gasteiger partial charge < -0.3 is 15.3 Å². The Hall–Kier alpha value is -2.34. The fraction of sp³-hybridized carbons (Fsp3) is 0.143. The van der Waals surface area contributed by atoms with Crippen molar-refractivity contribution in [3.63, 3.8) is 0 Å². The zero-order valence-electron chi connectivity index (χ0n) is 10.7. The van der Waals surface area contributed by atoms with Crippen LogP contribution in [0.15, 0.2) is 32.8 Å². The molecule has 0 bridgehead atoms. The largest absolute Gasteiger partial charge is 0.508 e. The molecule has 0 saturated heterocycles. The molecule has 5 nitrogen and oxygen atoms in total. The Morgan fingerprint density at radius 3 is 2.95 bits per heavy atom. The molecule has 0 atom stereocenters. The van der Waals surface area contributed by atoms with E-state index in [4.69, 9.17) is 10.2 Å². The maximum absolute atomic E-state index is 12.1. The van der Waals surface area contributed by atoms with Gasteiger partial charge in [0.1, 0.15) is 11.3 Å². The first-order valence-electron chi connectivity index (χ1n) is 6.00. The number of nitrogen functional groups attached to an aromatic ring is 1. The van der Waals surface area contributed by atoms with Crippen LogP contribution in [0, 0.1) is 6.92 Å². The molecule has 0 aliphatic carbocycles. The molecule has 3 N–H and O–H groups in total. The molecule has 0 amide bonds. The number of thiazole rings is 1. The summed E-state index contributed by atoms with van der Waals surface area (Å²) in [6.45, 7) is 1.86. The fourth-order valence-electron chi connectivity index (χ4n) is 2.17. The molecule has 0 radical (unpaired) electrons. The predicted octanol–water partition coefficient (Wildman–Crippen LogP) is 2.44. The lowest BCUT2D eigenvalue weighted by Gasteiger charge is -2.06. The molecule has 1 aromatic carbocycles. The van der Waals surface area contributed by atoms with Gasteiger partial charge in [-0.1, -0.05) is 0 Å². The van der Waals surface area contributed by atoms with Crippen molar-refractivity contribution in [2.24, 2.45) is 0 Å². The Kier molecular flexibility index (Phi) is 2.94. The Labute approximate surface area is 118 Å². The molecular formula is C14H12N2O3S. The second kappa shape index (κ2) is 4.64. The molecule has 0 fully saturated rings. The molecular weight excluding hydrogens is 276 g/mol. The minimum Gasteiger partial charge on any atom is -0.508 e. The third-order valence-electron chi connectivity index (χ3n) is 3.20. The topological polar surface area (TPSA) is 89.4 Å². The molecule has 0 spiro atoms. The highest BCUT2D eigenvalue weighted by atomic mass is 32.1. The summed E-state index contributed by atoms with van der Waals surface area (Å²) in [5, 5.41) is 12.5. The predicted molar refractivity (Wildman–Crippen MR) is 78.2 cm³/mol. The van der Waals surface area contributed by atoms with Crippen LogP contribution < -0.4 is 11.4 Å². The third kappa shape index (κ3) is 2.14. The Balaban J connectivity index is 2.16. The summed E-state index contributed by atoms with van der Waals surface area (Å²) < 4.78 is 5.26. The van der Waals surface area contributed by atoms with Gasteiger partial charge in [-0.3, -0.25) is 0 Å². The number of rotatable bonds is 2. The Bertz CT molecular complexity index is 851. The number of aryl methyl sites for hydroxylation is 1. The molecule has 20 heavy (non-hydrogen) atoms. The highest BCUT2D eigenvalue weighted by Crippen LogP contribution is 2.24. The van der Waals surface area contributed by atoms with Crippen molar-refractivity contribution >= 4 is 27.4 Å². The summed E-state index contributed by atoms with van der Waals surface area (Å²) in [4.78, 5) is 16.2. The number of nitrogens with two attached hydrogens (primary N) is 1. The van der Waals surface area contributed by atoms with Crippen molar-refractivity contribution in [3.8, 4) is 5.75 Å². The fourth-order valence-corrected chi connectivity index (χ4v) is 2.73. The van der Waals surface area contributed by atoms with Gasteiger partial charge in [-0.25, -0.2) is 9.78 Å². The van der Waals surface area contributed by atoms with Crippen LogP contribution in [0.2, 0.25) is 0 Å². The number of aromatic hydroxyl groups is 1. The van der Waals surface area contributed by atoms with Crippen LogP contribution >= 0.6 is 11.3 Å². The van der Waals surface area contributed by atoms with Crippen LogP contribution in [0.4, 0.5) is 5.13 Å². The molecule has 6 heteroatoms. The smallest absolute Gasteiger partial charge is 0.340 e. The SMILES string of the molecule is Cc1c(Cc2csc(N)n2)c(=O)oc2cc(O)ccc12. The van der Waals surface area contributed by atoms with E-state index in [0.717, 1.165) is 16.6 Å². The average Bonchev–Trinajstić information content (AvgIpc) is 2.80. The van der Waals surface area contributed by atoms with Crippen LogP contribution in [0.25, 0.3) is 11.0 Å². The van der Waals surface area contributed by atoms with Crippen molar-refractivity contribution in [2.45, 2.75) is 13.3 Å². The molecule has 102 valence electrons. The molecule has 3 rings (SSSR count). The highest BCUT2D eigenvalue weighted by molar-refractivity contribution is 7.13. The number of fused-ring (bicyclic) bond motifs is 1. The van der Waals surface area contributed by atoms with E-state index < -0.39 is 5.63 Å². The Morgan fingerprint density at radius 2 is 2.25 bits per heavy atom. The summed E-state index contributed by atoms with van der Waals surface area (Å²) in [6, 6.07) is 4.75. The van der Waals surface area contributed by atoms with Gasteiger partial charge in [-0.05, 0) is 24.6 Å². The Morgan fingerprint density at radius 1 is 1.45 bits per heavy atom. The van der Waals surface area contributed by atoms with Gasteiger partial charge in [0.05, 0.1) is 5.69 Å². The normalized spacial score (nSPS) is 11.1. The van der Waals surface area contributed by atoms with Gasteiger partial charge >= 0.3 is 5.63 Å². The minimum atomic E-state index is -0.410. The first-order valence-corrected chi connectivity index (χ1v) is 6.88. The van der Waals surface area contributed by atoms with Crippen molar-refractivity contribution in [3.05, 3.63) is 50.8 Å². The maximum atomic E-state index is 12.1. The van der Waals surface area contributed by atoms with Crippen molar-refractivity contribution in [2.75, 3.05) is 5.73 Å². The minimum absolute atomic E-state index is 0.0695. The molecule has 0 saturated carbocycles.